The molecule has 3 aromatic rings. The summed E-state index contributed by atoms with van der Waals surface area (Å²) in [6, 6.07) is 17.2. The molecule has 1 aromatic heterocycles. The van der Waals surface area contributed by atoms with Crippen LogP contribution < -0.4 is 5.73 Å². The predicted octanol–water partition coefficient (Wildman–Crippen LogP) is 6.59. The molecule has 0 atom stereocenters. The highest BCUT2D eigenvalue weighted by Crippen LogP contribution is 2.25. The summed E-state index contributed by atoms with van der Waals surface area (Å²) in [5.41, 5.74) is 15.0. The van der Waals surface area contributed by atoms with E-state index in [1.54, 1.807) is 18.0 Å². The van der Waals surface area contributed by atoms with Gasteiger partial charge in [-0.1, -0.05) is 41.1 Å². The summed E-state index contributed by atoms with van der Waals surface area (Å²) in [4.78, 5) is 5.88. The molecule has 0 bridgehead atoms. The third-order valence-electron chi connectivity index (χ3n) is 4.44. The van der Waals surface area contributed by atoms with Crippen molar-refractivity contribution >= 4 is 17.3 Å². The topological polar surface area (TPSA) is 38.9 Å². The molecule has 0 aliphatic carbocycles. The van der Waals surface area contributed by atoms with Gasteiger partial charge in [-0.25, -0.2) is 0 Å². The van der Waals surface area contributed by atoms with Crippen molar-refractivity contribution in [1.29, 1.82) is 0 Å². The monoisotopic (exact) mass is 386 g/mol. The second-order valence-electron chi connectivity index (χ2n) is 7.17. The van der Waals surface area contributed by atoms with Crippen LogP contribution in [-0.2, 0) is 0 Å². The summed E-state index contributed by atoms with van der Waals surface area (Å²) in [6.07, 6.45) is 5.55. The third kappa shape index (κ3) is 5.14. The van der Waals surface area contributed by atoms with E-state index in [2.05, 4.69) is 86.6 Å². The summed E-state index contributed by atoms with van der Waals surface area (Å²) in [5, 5.41) is 2.07. The van der Waals surface area contributed by atoms with Gasteiger partial charge in [0.15, 0.2) is 0 Å². The Bertz CT molecular complexity index is 990. The number of aromatic nitrogens is 1. The van der Waals surface area contributed by atoms with Crippen LogP contribution in [0, 0.1) is 27.7 Å². The molecule has 0 spiro atoms. The predicted molar refractivity (Wildman–Crippen MR) is 122 cm³/mol. The fourth-order valence-corrected chi connectivity index (χ4v) is 4.17. The van der Waals surface area contributed by atoms with Gasteiger partial charge in [-0.2, -0.15) is 0 Å². The molecular weight excluding hydrogens is 360 g/mol. The Morgan fingerprint density at radius 1 is 0.857 bits per heavy atom. The van der Waals surface area contributed by atoms with E-state index >= 15 is 0 Å². The van der Waals surface area contributed by atoms with Gasteiger partial charge >= 0.3 is 0 Å². The van der Waals surface area contributed by atoms with Crippen molar-refractivity contribution < 1.29 is 0 Å². The summed E-state index contributed by atoms with van der Waals surface area (Å²) in [7, 11) is 0. The van der Waals surface area contributed by atoms with Crippen LogP contribution in [0.15, 0.2) is 77.3 Å². The fraction of sp³-hybridized carbons (Fsp3) is 0.160. The number of nitrogens with zero attached hydrogens (tertiary/aromatic N) is 1. The van der Waals surface area contributed by atoms with E-state index in [0.29, 0.717) is 0 Å². The number of aryl methyl sites for hydroxylation is 4. The van der Waals surface area contributed by atoms with Gasteiger partial charge < -0.3 is 5.73 Å². The van der Waals surface area contributed by atoms with Gasteiger partial charge in [0.25, 0.3) is 0 Å². The maximum atomic E-state index is 5.87. The van der Waals surface area contributed by atoms with E-state index in [9.17, 15) is 0 Å². The van der Waals surface area contributed by atoms with Crippen molar-refractivity contribution in [3.05, 3.63) is 100 Å². The maximum Gasteiger partial charge on any atom is 0.0702 e. The van der Waals surface area contributed by atoms with Gasteiger partial charge in [0.1, 0.15) is 0 Å². The van der Waals surface area contributed by atoms with Crippen LogP contribution >= 0.6 is 11.8 Å². The van der Waals surface area contributed by atoms with E-state index in [0.717, 1.165) is 22.4 Å². The molecular formula is C25H26N2S. The van der Waals surface area contributed by atoms with Crippen LogP contribution in [0.5, 0.6) is 0 Å². The van der Waals surface area contributed by atoms with Crippen LogP contribution in [0.2, 0.25) is 0 Å². The van der Waals surface area contributed by atoms with Crippen molar-refractivity contribution in [3.8, 4) is 11.3 Å². The number of rotatable bonds is 5. The van der Waals surface area contributed by atoms with Crippen molar-refractivity contribution in [2.75, 3.05) is 0 Å². The third-order valence-corrected chi connectivity index (χ3v) is 5.22. The van der Waals surface area contributed by atoms with Gasteiger partial charge in [0.2, 0.25) is 0 Å². The highest BCUT2D eigenvalue weighted by molar-refractivity contribution is 8.02. The van der Waals surface area contributed by atoms with Crippen LogP contribution in [0.1, 0.15) is 27.8 Å². The smallest absolute Gasteiger partial charge is 0.0702 e. The SMILES string of the molecule is Cc1cc(C)cc(S/C=C\C(=C/N)c2ccc(-c3cc(C)cc(C)c3)nc2)c1. The van der Waals surface area contributed by atoms with Crippen molar-refractivity contribution in [3.63, 3.8) is 0 Å². The summed E-state index contributed by atoms with van der Waals surface area (Å²) in [6.45, 7) is 8.46. The number of pyridine rings is 1. The molecule has 0 aliphatic rings. The lowest BCUT2D eigenvalue weighted by Crippen LogP contribution is -1.91. The number of benzene rings is 2. The molecule has 0 saturated carbocycles. The zero-order valence-electron chi connectivity index (χ0n) is 16.9. The average Bonchev–Trinajstić information content (AvgIpc) is 2.64. The minimum atomic E-state index is 0.955. The normalized spacial score (nSPS) is 11.9. The van der Waals surface area contributed by atoms with E-state index in [4.69, 9.17) is 5.73 Å². The minimum Gasteiger partial charge on any atom is -0.404 e. The highest BCUT2D eigenvalue weighted by Gasteiger charge is 2.04. The molecule has 0 radical (unpaired) electrons. The zero-order chi connectivity index (χ0) is 20.1. The van der Waals surface area contributed by atoms with E-state index in [1.165, 1.54) is 27.1 Å². The fourth-order valence-electron chi connectivity index (χ4n) is 3.29. The first-order chi connectivity index (χ1) is 13.4. The molecule has 2 aromatic carbocycles. The van der Waals surface area contributed by atoms with Gasteiger partial charge in [-0.15, -0.1) is 0 Å². The molecule has 2 nitrogen and oxygen atoms in total. The summed E-state index contributed by atoms with van der Waals surface area (Å²) in [5.74, 6) is 0. The number of nitrogens with two attached hydrogens (primary N) is 1. The molecule has 0 saturated heterocycles. The molecule has 0 aliphatic heterocycles. The van der Waals surface area contributed by atoms with Gasteiger partial charge in [-0.05, 0) is 86.2 Å². The number of hydrogen-bond donors (Lipinski definition) is 1. The largest absolute Gasteiger partial charge is 0.404 e. The Morgan fingerprint density at radius 2 is 1.46 bits per heavy atom. The van der Waals surface area contributed by atoms with Crippen molar-refractivity contribution in [2.45, 2.75) is 32.6 Å². The highest BCUT2D eigenvalue weighted by atomic mass is 32.2. The van der Waals surface area contributed by atoms with Crippen molar-refractivity contribution in [1.82, 2.24) is 4.98 Å². The lowest BCUT2D eigenvalue weighted by atomic mass is 10.0. The van der Waals surface area contributed by atoms with E-state index in [-0.39, 0.29) is 0 Å². The first-order valence-corrected chi connectivity index (χ1v) is 10.2. The maximum absolute atomic E-state index is 5.87. The Balaban J connectivity index is 1.75. The van der Waals surface area contributed by atoms with Crippen LogP contribution in [0.25, 0.3) is 16.8 Å². The Kier molecular flexibility index (Phi) is 6.37. The molecule has 0 unspecified atom stereocenters. The molecule has 2 N–H and O–H groups in total. The van der Waals surface area contributed by atoms with E-state index < -0.39 is 0 Å². The van der Waals surface area contributed by atoms with Crippen LogP contribution in [-0.4, -0.2) is 4.98 Å². The Labute approximate surface area is 172 Å². The minimum absolute atomic E-state index is 0.955. The zero-order valence-corrected chi connectivity index (χ0v) is 17.7. The number of hydrogen-bond acceptors (Lipinski definition) is 3. The molecule has 142 valence electrons. The molecule has 0 fully saturated rings. The van der Waals surface area contributed by atoms with E-state index in [1.807, 2.05) is 12.3 Å². The number of thioether (sulfide) groups is 1. The first kappa shape index (κ1) is 20.0. The van der Waals surface area contributed by atoms with Gasteiger partial charge in [-0.3, -0.25) is 4.98 Å². The van der Waals surface area contributed by atoms with Crippen molar-refractivity contribution in [2.24, 2.45) is 5.73 Å². The number of allylic oxidation sites excluding steroid dienone is 2. The second kappa shape index (κ2) is 8.94. The summed E-state index contributed by atoms with van der Waals surface area (Å²) < 4.78 is 0. The molecule has 28 heavy (non-hydrogen) atoms. The Morgan fingerprint density at radius 3 is 2.00 bits per heavy atom. The van der Waals surface area contributed by atoms with Crippen LogP contribution in [0.4, 0.5) is 0 Å². The Hall–Kier alpha value is -2.78. The molecule has 3 rings (SSSR count). The summed E-state index contributed by atoms with van der Waals surface area (Å²) >= 11 is 1.69. The lowest BCUT2D eigenvalue weighted by molar-refractivity contribution is 1.29. The molecule has 0 amide bonds. The second-order valence-corrected chi connectivity index (χ2v) is 8.15. The lowest BCUT2D eigenvalue weighted by Gasteiger charge is -2.07. The standard InChI is InChI=1S/C25H26N2S/c1-17-9-18(2)12-23(11-17)25-6-5-22(16-27-25)21(15-26)7-8-28-24-13-19(3)10-20(4)14-24/h5-16H,26H2,1-4H3/b8-7-,21-15+. The molecule has 3 heteroatoms. The first-order valence-electron chi connectivity index (χ1n) is 9.33. The quantitative estimate of drug-likeness (QED) is 0.397. The van der Waals surface area contributed by atoms with Gasteiger partial charge in [0.05, 0.1) is 5.69 Å². The van der Waals surface area contributed by atoms with Gasteiger partial charge in [0, 0.05) is 28.4 Å². The molecule has 1 heterocycles. The van der Waals surface area contributed by atoms with Crippen LogP contribution in [0.3, 0.4) is 0 Å². The average molecular weight is 387 g/mol.